The van der Waals surface area contributed by atoms with Crippen molar-refractivity contribution in [2.45, 2.75) is 71.8 Å². The summed E-state index contributed by atoms with van der Waals surface area (Å²) < 4.78 is 0. The monoisotopic (exact) mass is 316 g/mol. The van der Waals surface area contributed by atoms with Crippen LogP contribution in [0.1, 0.15) is 65.7 Å². The number of rotatable bonds is 6. The Bertz CT molecular complexity index is 225. The standard InChI is InChI=1S/C12H25NO.C5H11NO.CH4/c1-2-3-4-5-8-13-9-6-12(11-14)7-10-13;7-5-1-3-6-4-2-5;/h12,14H,2-11H2,1H3;5-7H,1-4H2;1H4. The summed E-state index contributed by atoms with van der Waals surface area (Å²) in [6.07, 6.45) is 9.68. The maximum absolute atomic E-state index is 9.00. The van der Waals surface area contributed by atoms with Gasteiger partial charge in [-0.2, -0.15) is 0 Å². The summed E-state index contributed by atoms with van der Waals surface area (Å²) in [5.74, 6) is 0.585. The number of hydrogen-bond acceptors (Lipinski definition) is 4. The fourth-order valence-electron chi connectivity index (χ4n) is 2.96. The summed E-state index contributed by atoms with van der Waals surface area (Å²) in [7, 11) is 0. The fraction of sp³-hybridized carbons (Fsp3) is 1.00. The lowest BCUT2D eigenvalue weighted by atomic mass is 9.98. The van der Waals surface area contributed by atoms with E-state index in [1.165, 1.54) is 58.2 Å². The van der Waals surface area contributed by atoms with E-state index >= 15 is 0 Å². The average molecular weight is 317 g/mol. The summed E-state index contributed by atoms with van der Waals surface area (Å²) in [4.78, 5) is 2.56. The summed E-state index contributed by atoms with van der Waals surface area (Å²) in [5.41, 5.74) is 0. The fourth-order valence-corrected chi connectivity index (χ4v) is 2.96. The third-order valence-electron chi connectivity index (χ3n) is 4.60. The van der Waals surface area contributed by atoms with Gasteiger partial charge in [0.15, 0.2) is 0 Å². The van der Waals surface area contributed by atoms with E-state index in [-0.39, 0.29) is 13.5 Å². The molecular formula is C18H40N2O2. The molecule has 0 aromatic carbocycles. The molecule has 0 amide bonds. The van der Waals surface area contributed by atoms with Gasteiger partial charge in [0.05, 0.1) is 6.10 Å². The largest absolute Gasteiger partial charge is 0.396 e. The zero-order chi connectivity index (χ0) is 15.3. The van der Waals surface area contributed by atoms with Crippen molar-refractivity contribution < 1.29 is 10.2 Å². The predicted octanol–water partition coefficient (Wildman–Crippen LogP) is 2.64. The van der Waals surface area contributed by atoms with Crippen LogP contribution in [-0.4, -0.2) is 60.5 Å². The maximum atomic E-state index is 9.00. The number of nitrogens with zero attached hydrogens (tertiary/aromatic N) is 1. The van der Waals surface area contributed by atoms with Gasteiger partial charge in [-0.1, -0.05) is 33.6 Å². The van der Waals surface area contributed by atoms with Crippen molar-refractivity contribution in [1.29, 1.82) is 0 Å². The van der Waals surface area contributed by atoms with E-state index < -0.39 is 0 Å². The number of unbranched alkanes of at least 4 members (excludes halogenated alkanes) is 3. The Morgan fingerprint density at radius 1 is 1.00 bits per heavy atom. The van der Waals surface area contributed by atoms with Crippen molar-refractivity contribution in [3.63, 3.8) is 0 Å². The smallest absolute Gasteiger partial charge is 0.0564 e. The lowest BCUT2D eigenvalue weighted by Crippen LogP contribution is -2.35. The highest BCUT2D eigenvalue weighted by Gasteiger charge is 2.17. The van der Waals surface area contributed by atoms with Crippen LogP contribution in [0.2, 0.25) is 0 Å². The molecule has 0 radical (unpaired) electrons. The van der Waals surface area contributed by atoms with Gasteiger partial charge in [-0.3, -0.25) is 0 Å². The van der Waals surface area contributed by atoms with Gasteiger partial charge in [0, 0.05) is 6.61 Å². The van der Waals surface area contributed by atoms with Crippen LogP contribution in [0.25, 0.3) is 0 Å². The molecule has 0 spiro atoms. The molecule has 2 fully saturated rings. The number of nitrogens with one attached hydrogen (secondary N) is 1. The quantitative estimate of drug-likeness (QED) is 0.659. The van der Waals surface area contributed by atoms with Crippen molar-refractivity contribution in [1.82, 2.24) is 10.2 Å². The van der Waals surface area contributed by atoms with Gasteiger partial charge in [-0.15, -0.1) is 0 Å². The molecule has 22 heavy (non-hydrogen) atoms. The summed E-state index contributed by atoms with van der Waals surface area (Å²) >= 11 is 0. The van der Waals surface area contributed by atoms with E-state index in [9.17, 15) is 0 Å². The van der Waals surface area contributed by atoms with Crippen LogP contribution in [0.4, 0.5) is 0 Å². The zero-order valence-electron chi connectivity index (χ0n) is 13.9. The zero-order valence-corrected chi connectivity index (χ0v) is 13.9. The Morgan fingerprint density at radius 2 is 1.64 bits per heavy atom. The number of likely N-dealkylation sites (tertiary alicyclic amines) is 1. The minimum absolute atomic E-state index is 0. The first-order chi connectivity index (χ1) is 10.3. The van der Waals surface area contributed by atoms with Crippen LogP contribution < -0.4 is 5.32 Å². The predicted molar refractivity (Wildman–Crippen MR) is 95.2 cm³/mol. The molecule has 2 aliphatic heterocycles. The van der Waals surface area contributed by atoms with Crippen molar-refractivity contribution in [3.05, 3.63) is 0 Å². The minimum atomic E-state index is -0.0266. The molecule has 2 heterocycles. The van der Waals surface area contributed by atoms with Crippen LogP contribution >= 0.6 is 0 Å². The Kier molecular flexibility index (Phi) is 14.3. The first-order valence-corrected chi connectivity index (χ1v) is 8.98. The van der Waals surface area contributed by atoms with Crippen LogP contribution in [-0.2, 0) is 0 Å². The van der Waals surface area contributed by atoms with Crippen LogP contribution in [0.5, 0.6) is 0 Å². The molecule has 2 aliphatic rings. The molecule has 0 atom stereocenters. The van der Waals surface area contributed by atoms with E-state index in [0.717, 1.165) is 25.9 Å². The van der Waals surface area contributed by atoms with Gasteiger partial charge in [-0.25, -0.2) is 0 Å². The molecule has 0 bridgehead atoms. The van der Waals surface area contributed by atoms with Gasteiger partial charge in [0.1, 0.15) is 0 Å². The lowest BCUT2D eigenvalue weighted by molar-refractivity contribution is 0.130. The lowest BCUT2D eigenvalue weighted by Gasteiger charge is -2.30. The Morgan fingerprint density at radius 3 is 2.09 bits per heavy atom. The average Bonchev–Trinajstić information content (AvgIpc) is 2.53. The first kappa shape index (κ1) is 21.8. The number of piperidine rings is 2. The van der Waals surface area contributed by atoms with Gasteiger partial charge in [0.2, 0.25) is 0 Å². The molecule has 0 saturated carbocycles. The molecule has 0 aromatic heterocycles. The molecule has 0 aromatic rings. The molecule has 3 N–H and O–H groups in total. The van der Waals surface area contributed by atoms with E-state index in [1.807, 2.05) is 0 Å². The van der Waals surface area contributed by atoms with E-state index in [0.29, 0.717) is 12.5 Å². The van der Waals surface area contributed by atoms with Gasteiger partial charge in [-0.05, 0) is 70.7 Å². The molecule has 4 heteroatoms. The van der Waals surface area contributed by atoms with Gasteiger partial charge in [0.25, 0.3) is 0 Å². The number of hydrogen-bond donors (Lipinski definition) is 3. The molecule has 0 aliphatic carbocycles. The molecule has 134 valence electrons. The highest BCUT2D eigenvalue weighted by molar-refractivity contribution is 4.71. The van der Waals surface area contributed by atoms with Crippen LogP contribution in [0.15, 0.2) is 0 Å². The third-order valence-corrected chi connectivity index (χ3v) is 4.60. The van der Waals surface area contributed by atoms with Crippen LogP contribution in [0, 0.1) is 5.92 Å². The molecule has 0 unspecified atom stereocenters. The van der Waals surface area contributed by atoms with E-state index in [1.54, 1.807) is 0 Å². The Hall–Kier alpha value is -0.160. The minimum Gasteiger partial charge on any atom is -0.396 e. The van der Waals surface area contributed by atoms with Crippen LogP contribution in [0.3, 0.4) is 0 Å². The molecule has 2 saturated heterocycles. The topological polar surface area (TPSA) is 55.7 Å². The molecule has 4 nitrogen and oxygen atoms in total. The highest BCUT2D eigenvalue weighted by Crippen LogP contribution is 2.16. The van der Waals surface area contributed by atoms with E-state index in [4.69, 9.17) is 10.2 Å². The van der Waals surface area contributed by atoms with Crippen molar-refractivity contribution in [3.8, 4) is 0 Å². The SMILES string of the molecule is C.CCCCCCN1CCC(CO)CC1.OC1CCNCC1. The summed E-state index contributed by atoms with van der Waals surface area (Å²) in [6.45, 7) is 8.31. The Labute approximate surface area is 138 Å². The summed E-state index contributed by atoms with van der Waals surface area (Å²) in [6, 6.07) is 0. The first-order valence-electron chi connectivity index (χ1n) is 8.98. The second-order valence-electron chi connectivity index (χ2n) is 6.51. The van der Waals surface area contributed by atoms with Crippen molar-refractivity contribution in [2.24, 2.45) is 5.92 Å². The van der Waals surface area contributed by atoms with Gasteiger partial charge >= 0.3 is 0 Å². The van der Waals surface area contributed by atoms with Crippen molar-refractivity contribution >= 4 is 0 Å². The van der Waals surface area contributed by atoms with Crippen molar-refractivity contribution in [2.75, 3.05) is 39.3 Å². The normalized spacial score (nSPS) is 20.9. The second kappa shape index (κ2) is 14.4. The third kappa shape index (κ3) is 10.5. The maximum Gasteiger partial charge on any atom is 0.0564 e. The van der Waals surface area contributed by atoms with E-state index in [2.05, 4.69) is 17.1 Å². The van der Waals surface area contributed by atoms with Gasteiger partial charge < -0.3 is 20.4 Å². The second-order valence-corrected chi connectivity index (χ2v) is 6.51. The molecular weight excluding hydrogens is 276 g/mol. The summed E-state index contributed by atoms with van der Waals surface area (Å²) in [5, 5.41) is 21.0. The number of aliphatic hydroxyl groups excluding tert-OH is 2. The Balaban J connectivity index is 0.000000465. The molecule has 2 rings (SSSR count). The number of aliphatic hydroxyl groups is 2. The highest BCUT2D eigenvalue weighted by atomic mass is 16.3.